The van der Waals surface area contributed by atoms with Crippen molar-refractivity contribution >= 4 is 6.09 Å². The van der Waals surface area contributed by atoms with Gasteiger partial charge in [-0.3, -0.25) is 0 Å². The van der Waals surface area contributed by atoms with Crippen molar-refractivity contribution in [2.45, 2.75) is 91.2 Å². The second kappa shape index (κ2) is 10.2. The Bertz CT molecular complexity index is 331. The van der Waals surface area contributed by atoms with Gasteiger partial charge in [-0.2, -0.15) is 0 Å². The van der Waals surface area contributed by atoms with Gasteiger partial charge in [-0.15, -0.1) is 0 Å². The minimum Gasteiger partial charge on any atom is -0.444 e. The molecule has 1 rings (SSSR count). The Morgan fingerprint density at radius 3 is 2.35 bits per heavy atom. The molecule has 1 heterocycles. The zero-order valence-electron chi connectivity index (χ0n) is 16.0. The van der Waals surface area contributed by atoms with Crippen LogP contribution in [0.25, 0.3) is 0 Å². The van der Waals surface area contributed by atoms with E-state index in [1.54, 1.807) is 0 Å². The van der Waals surface area contributed by atoms with E-state index in [0.717, 1.165) is 32.5 Å². The van der Waals surface area contributed by atoms with Crippen LogP contribution < -0.4 is 5.32 Å². The molecule has 1 aliphatic heterocycles. The summed E-state index contributed by atoms with van der Waals surface area (Å²) in [5.41, 5.74) is -0.401. The van der Waals surface area contributed by atoms with Gasteiger partial charge in [0, 0.05) is 19.1 Å². The van der Waals surface area contributed by atoms with Gasteiger partial charge < -0.3 is 15.0 Å². The highest BCUT2D eigenvalue weighted by atomic mass is 16.6. The summed E-state index contributed by atoms with van der Waals surface area (Å²) < 4.78 is 5.46. The molecule has 23 heavy (non-hydrogen) atoms. The lowest BCUT2D eigenvalue weighted by Gasteiger charge is -2.34. The van der Waals surface area contributed by atoms with E-state index in [4.69, 9.17) is 4.74 Å². The SMILES string of the molecule is CCCCC(CCC)NCC1CCN(C(=O)OC(C)(C)C)CC1. The number of hydrogen-bond acceptors (Lipinski definition) is 3. The molecule has 1 N–H and O–H groups in total. The van der Waals surface area contributed by atoms with Crippen molar-refractivity contribution in [2.24, 2.45) is 5.92 Å². The number of carbonyl (C=O) groups is 1. The number of ether oxygens (including phenoxy) is 1. The molecule has 1 unspecified atom stereocenters. The zero-order chi connectivity index (χ0) is 17.3. The molecule has 1 saturated heterocycles. The number of hydrogen-bond donors (Lipinski definition) is 1. The summed E-state index contributed by atoms with van der Waals surface area (Å²) in [6.45, 7) is 13.0. The van der Waals surface area contributed by atoms with E-state index in [-0.39, 0.29) is 6.09 Å². The van der Waals surface area contributed by atoms with Crippen molar-refractivity contribution < 1.29 is 9.53 Å². The van der Waals surface area contributed by atoms with E-state index < -0.39 is 5.60 Å². The number of amides is 1. The molecule has 0 radical (unpaired) electrons. The number of nitrogens with one attached hydrogen (secondary N) is 1. The van der Waals surface area contributed by atoms with Crippen LogP contribution in [0.3, 0.4) is 0 Å². The molecule has 136 valence electrons. The number of rotatable bonds is 8. The van der Waals surface area contributed by atoms with E-state index in [1.807, 2.05) is 25.7 Å². The van der Waals surface area contributed by atoms with Crippen LogP contribution in [0.2, 0.25) is 0 Å². The molecule has 0 aliphatic carbocycles. The van der Waals surface area contributed by atoms with Crippen molar-refractivity contribution in [2.75, 3.05) is 19.6 Å². The summed E-state index contributed by atoms with van der Waals surface area (Å²) in [6.07, 6.45) is 8.41. The number of piperidine rings is 1. The van der Waals surface area contributed by atoms with Gasteiger partial charge >= 0.3 is 6.09 Å². The topological polar surface area (TPSA) is 41.6 Å². The van der Waals surface area contributed by atoms with Crippen LogP contribution in [0, 0.1) is 5.92 Å². The molecular weight excluding hydrogens is 288 g/mol. The largest absolute Gasteiger partial charge is 0.444 e. The third-order valence-electron chi connectivity index (χ3n) is 4.50. The van der Waals surface area contributed by atoms with E-state index in [1.165, 1.54) is 32.1 Å². The molecule has 0 spiro atoms. The smallest absolute Gasteiger partial charge is 0.410 e. The highest BCUT2D eigenvalue weighted by Gasteiger charge is 2.26. The molecule has 0 bridgehead atoms. The number of likely N-dealkylation sites (tertiary alicyclic amines) is 1. The van der Waals surface area contributed by atoms with Crippen molar-refractivity contribution in [3.8, 4) is 0 Å². The number of nitrogens with zero attached hydrogens (tertiary/aromatic N) is 1. The van der Waals surface area contributed by atoms with E-state index in [2.05, 4.69) is 19.2 Å². The average molecular weight is 327 g/mol. The molecular formula is C19H38N2O2. The first kappa shape index (κ1) is 20.3. The number of carbonyl (C=O) groups excluding carboxylic acids is 1. The molecule has 1 fully saturated rings. The second-order valence-corrected chi connectivity index (χ2v) is 7.95. The quantitative estimate of drug-likeness (QED) is 0.710. The first-order valence-corrected chi connectivity index (χ1v) is 9.57. The zero-order valence-corrected chi connectivity index (χ0v) is 16.0. The third-order valence-corrected chi connectivity index (χ3v) is 4.50. The van der Waals surface area contributed by atoms with Crippen LogP contribution >= 0.6 is 0 Å². The monoisotopic (exact) mass is 326 g/mol. The minimum atomic E-state index is -0.401. The highest BCUT2D eigenvalue weighted by Crippen LogP contribution is 2.20. The van der Waals surface area contributed by atoms with Crippen LogP contribution in [-0.2, 0) is 4.74 Å². The summed E-state index contributed by atoms with van der Waals surface area (Å²) in [7, 11) is 0. The predicted octanol–water partition coefficient (Wildman–Crippen LogP) is 4.58. The summed E-state index contributed by atoms with van der Waals surface area (Å²) in [6, 6.07) is 0.670. The average Bonchev–Trinajstić information content (AvgIpc) is 2.49. The first-order chi connectivity index (χ1) is 10.9. The molecule has 1 amide bonds. The minimum absolute atomic E-state index is 0.157. The Hall–Kier alpha value is -0.770. The Morgan fingerprint density at radius 1 is 1.17 bits per heavy atom. The van der Waals surface area contributed by atoms with E-state index in [9.17, 15) is 4.79 Å². The maximum absolute atomic E-state index is 12.1. The van der Waals surface area contributed by atoms with Gasteiger partial charge in [-0.25, -0.2) is 4.79 Å². The molecule has 0 aromatic rings. The van der Waals surface area contributed by atoms with Crippen molar-refractivity contribution in [3.63, 3.8) is 0 Å². The molecule has 0 aromatic carbocycles. The predicted molar refractivity (Wildman–Crippen MR) is 96.8 cm³/mol. The second-order valence-electron chi connectivity index (χ2n) is 7.95. The summed E-state index contributed by atoms with van der Waals surface area (Å²) in [5.74, 6) is 0.690. The van der Waals surface area contributed by atoms with Crippen molar-refractivity contribution in [3.05, 3.63) is 0 Å². The molecule has 1 aliphatic rings. The summed E-state index contributed by atoms with van der Waals surface area (Å²) in [5, 5.41) is 3.77. The lowest BCUT2D eigenvalue weighted by Crippen LogP contribution is -2.44. The summed E-state index contributed by atoms with van der Waals surface area (Å²) >= 11 is 0. The Morgan fingerprint density at radius 2 is 1.83 bits per heavy atom. The van der Waals surface area contributed by atoms with Gasteiger partial charge in [0.15, 0.2) is 0 Å². The third kappa shape index (κ3) is 8.59. The molecule has 4 heteroatoms. The standard InChI is InChI=1S/C19H38N2O2/c1-6-8-10-17(9-7-2)20-15-16-11-13-21(14-12-16)18(22)23-19(3,4)5/h16-17,20H,6-15H2,1-5H3. The van der Waals surface area contributed by atoms with Crippen LogP contribution in [0.4, 0.5) is 4.79 Å². The fourth-order valence-corrected chi connectivity index (χ4v) is 3.13. The van der Waals surface area contributed by atoms with E-state index in [0.29, 0.717) is 12.0 Å². The molecule has 0 aromatic heterocycles. The van der Waals surface area contributed by atoms with Crippen LogP contribution in [0.5, 0.6) is 0 Å². The van der Waals surface area contributed by atoms with Gasteiger partial charge in [-0.1, -0.05) is 33.1 Å². The van der Waals surface area contributed by atoms with Crippen molar-refractivity contribution in [1.82, 2.24) is 10.2 Å². The number of unbranched alkanes of at least 4 members (excludes halogenated alkanes) is 1. The van der Waals surface area contributed by atoms with Crippen LogP contribution in [-0.4, -0.2) is 42.3 Å². The first-order valence-electron chi connectivity index (χ1n) is 9.57. The molecule has 0 saturated carbocycles. The fraction of sp³-hybridized carbons (Fsp3) is 0.947. The van der Waals surface area contributed by atoms with Gasteiger partial charge in [0.25, 0.3) is 0 Å². The molecule has 4 nitrogen and oxygen atoms in total. The Balaban J connectivity index is 2.28. The summed E-state index contributed by atoms with van der Waals surface area (Å²) in [4.78, 5) is 13.9. The Labute approximate surface area is 143 Å². The van der Waals surface area contributed by atoms with Gasteiger partial charge in [0.2, 0.25) is 0 Å². The maximum Gasteiger partial charge on any atom is 0.410 e. The highest BCUT2D eigenvalue weighted by molar-refractivity contribution is 5.68. The fourth-order valence-electron chi connectivity index (χ4n) is 3.13. The lowest BCUT2D eigenvalue weighted by atomic mass is 9.96. The van der Waals surface area contributed by atoms with Gasteiger partial charge in [-0.05, 0) is 58.9 Å². The van der Waals surface area contributed by atoms with E-state index >= 15 is 0 Å². The van der Waals surface area contributed by atoms with Crippen LogP contribution in [0.15, 0.2) is 0 Å². The lowest BCUT2D eigenvalue weighted by molar-refractivity contribution is 0.0183. The maximum atomic E-state index is 12.1. The van der Waals surface area contributed by atoms with Crippen molar-refractivity contribution in [1.29, 1.82) is 0 Å². The van der Waals surface area contributed by atoms with Gasteiger partial charge in [0.05, 0.1) is 0 Å². The van der Waals surface area contributed by atoms with Gasteiger partial charge in [0.1, 0.15) is 5.60 Å². The Kier molecular flexibility index (Phi) is 8.96. The van der Waals surface area contributed by atoms with Crippen LogP contribution in [0.1, 0.15) is 79.6 Å². The molecule has 1 atom stereocenters. The normalized spacial score (nSPS) is 18.0.